The van der Waals surface area contributed by atoms with E-state index in [1.165, 1.54) is 5.56 Å². The zero-order valence-electron chi connectivity index (χ0n) is 6.67. The van der Waals surface area contributed by atoms with Crippen LogP contribution in [0.4, 0.5) is 5.82 Å². The maximum atomic E-state index is 5.49. The summed E-state index contributed by atoms with van der Waals surface area (Å²) in [4.78, 5) is 3.90. The third-order valence-corrected chi connectivity index (χ3v) is 1.42. The highest BCUT2D eigenvalue weighted by atomic mass is 14.8. The monoisotopic (exact) mass is 151 g/mol. The molecule has 0 unspecified atom stereocenters. The highest BCUT2D eigenvalue weighted by Crippen LogP contribution is 2.01. The lowest BCUT2D eigenvalue weighted by Crippen LogP contribution is -2.11. The molecule has 0 aromatic carbocycles. The molecule has 0 bridgehead atoms. The first-order valence-corrected chi connectivity index (χ1v) is 3.74. The Balaban J connectivity index is 2.56. The Morgan fingerprint density at radius 1 is 1.64 bits per heavy atom. The standard InChI is InChI=1S/C8H13N3/c1-2-10-6-7-3-4-11-8(9)5-7/h3-5,10H,2,6H2,1H3,(H2,9,11). The third kappa shape index (κ3) is 2.55. The van der Waals surface area contributed by atoms with Gasteiger partial charge in [0.15, 0.2) is 0 Å². The third-order valence-electron chi connectivity index (χ3n) is 1.42. The second-order valence-corrected chi connectivity index (χ2v) is 2.37. The highest BCUT2D eigenvalue weighted by molar-refractivity contribution is 5.31. The first kappa shape index (κ1) is 8.01. The van der Waals surface area contributed by atoms with Crippen molar-refractivity contribution in [2.75, 3.05) is 12.3 Å². The van der Waals surface area contributed by atoms with E-state index in [1.54, 1.807) is 6.20 Å². The van der Waals surface area contributed by atoms with Crippen LogP contribution in [0.15, 0.2) is 18.3 Å². The fourth-order valence-corrected chi connectivity index (χ4v) is 0.874. The van der Waals surface area contributed by atoms with Crippen molar-refractivity contribution in [3.8, 4) is 0 Å². The summed E-state index contributed by atoms with van der Waals surface area (Å²) in [6, 6.07) is 3.84. The summed E-state index contributed by atoms with van der Waals surface area (Å²) >= 11 is 0. The molecule has 0 fully saturated rings. The van der Waals surface area contributed by atoms with Crippen LogP contribution in [0.3, 0.4) is 0 Å². The van der Waals surface area contributed by atoms with E-state index in [0.717, 1.165) is 13.1 Å². The van der Waals surface area contributed by atoms with Gasteiger partial charge in [0.2, 0.25) is 0 Å². The molecule has 0 atom stereocenters. The van der Waals surface area contributed by atoms with Gasteiger partial charge in [-0.2, -0.15) is 0 Å². The molecule has 0 amide bonds. The van der Waals surface area contributed by atoms with E-state index < -0.39 is 0 Å². The molecule has 0 aliphatic carbocycles. The second kappa shape index (κ2) is 3.93. The molecule has 0 aliphatic rings. The topological polar surface area (TPSA) is 50.9 Å². The number of anilines is 1. The molecule has 1 heterocycles. The van der Waals surface area contributed by atoms with Gasteiger partial charge in [-0.05, 0) is 24.2 Å². The molecular formula is C8H13N3. The highest BCUT2D eigenvalue weighted by Gasteiger charge is 1.91. The predicted molar refractivity (Wildman–Crippen MR) is 46.0 cm³/mol. The minimum atomic E-state index is 0.584. The Labute approximate surface area is 66.6 Å². The van der Waals surface area contributed by atoms with Gasteiger partial charge in [0, 0.05) is 12.7 Å². The lowest BCUT2D eigenvalue weighted by Gasteiger charge is -2.01. The molecule has 0 saturated heterocycles. The largest absolute Gasteiger partial charge is 0.384 e. The lowest BCUT2D eigenvalue weighted by molar-refractivity contribution is 0.726. The van der Waals surface area contributed by atoms with Crippen LogP contribution in [-0.4, -0.2) is 11.5 Å². The second-order valence-electron chi connectivity index (χ2n) is 2.37. The summed E-state index contributed by atoms with van der Waals surface area (Å²) in [5, 5.41) is 3.21. The van der Waals surface area contributed by atoms with Crippen molar-refractivity contribution in [1.29, 1.82) is 0 Å². The van der Waals surface area contributed by atoms with Crippen molar-refractivity contribution >= 4 is 5.82 Å². The van der Waals surface area contributed by atoms with Crippen molar-refractivity contribution in [2.24, 2.45) is 0 Å². The Morgan fingerprint density at radius 2 is 2.45 bits per heavy atom. The summed E-state index contributed by atoms with van der Waals surface area (Å²) in [6.07, 6.45) is 1.72. The smallest absolute Gasteiger partial charge is 0.123 e. The number of nitrogens with zero attached hydrogens (tertiary/aromatic N) is 1. The van der Waals surface area contributed by atoms with Crippen LogP contribution in [0.1, 0.15) is 12.5 Å². The Morgan fingerprint density at radius 3 is 3.09 bits per heavy atom. The molecule has 1 aromatic heterocycles. The average Bonchev–Trinajstić information content (AvgIpc) is 2.01. The van der Waals surface area contributed by atoms with Crippen LogP contribution >= 0.6 is 0 Å². The van der Waals surface area contributed by atoms with E-state index >= 15 is 0 Å². The van der Waals surface area contributed by atoms with E-state index in [9.17, 15) is 0 Å². The zero-order chi connectivity index (χ0) is 8.10. The fourth-order valence-electron chi connectivity index (χ4n) is 0.874. The van der Waals surface area contributed by atoms with Crippen molar-refractivity contribution < 1.29 is 0 Å². The molecule has 0 radical (unpaired) electrons. The first-order chi connectivity index (χ1) is 5.33. The van der Waals surface area contributed by atoms with Crippen LogP contribution in [0, 0.1) is 0 Å². The number of nitrogen functional groups attached to an aromatic ring is 1. The van der Waals surface area contributed by atoms with Crippen LogP contribution in [-0.2, 0) is 6.54 Å². The van der Waals surface area contributed by atoms with Gasteiger partial charge in [0.1, 0.15) is 5.82 Å². The van der Waals surface area contributed by atoms with Crippen LogP contribution in [0.25, 0.3) is 0 Å². The molecule has 0 aliphatic heterocycles. The van der Waals surface area contributed by atoms with Gasteiger partial charge < -0.3 is 11.1 Å². The van der Waals surface area contributed by atoms with Gasteiger partial charge in [-0.3, -0.25) is 0 Å². The molecule has 11 heavy (non-hydrogen) atoms. The molecule has 60 valence electrons. The van der Waals surface area contributed by atoms with Gasteiger partial charge in [-0.15, -0.1) is 0 Å². The van der Waals surface area contributed by atoms with E-state index in [2.05, 4.69) is 17.2 Å². The number of nitrogens with two attached hydrogens (primary N) is 1. The summed E-state index contributed by atoms with van der Waals surface area (Å²) in [6.45, 7) is 3.91. The van der Waals surface area contributed by atoms with Crippen molar-refractivity contribution in [2.45, 2.75) is 13.5 Å². The van der Waals surface area contributed by atoms with Gasteiger partial charge >= 0.3 is 0 Å². The van der Waals surface area contributed by atoms with Gasteiger partial charge in [0.25, 0.3) is 0 Å². The number of hydrogen-bond donors (Lipinski definition) is 2. The minimum Gasteiger partial charge on any atom is -0.384 e. The van der Waals surface area contributed by atoms with Gasteiger partial charge in [0.05, 0.1) is 0 Å². The fraction of sp³-hybridized carbons (Fsp3) is 0.375. The lowest BCUT2D eigenvalue weighted by atomic mass is 10.2. The van der Waals surface area contributed by atoms with Gasteiger partial charge in [-0.1, -0.05) is 6.92 Å². The SMILES string of the molecule is CCNCc1ccnc(N)c1. The minimum absolute atomic E-state index is 0.584. The number of aromatic nitrogens is 1. The number of hydrogen-bond acceptors (Lipinski definition) is 3. The van der Waals surface area contributed by atoms with Crippen molar-refractivity contribution in [3.05, 3.63) is 23.9 Å². The zero-order valence-corrected chi connectivity index (χ0v) is 6.67. The quantitative estimate of drug-likeness (QED) is 0.671. The predicted octanol–water partition coefficient (Wildman–Crippen LogP) is 0.773. The maximum Gasteiger partial charge on any atom is 0.123 e. The van der Waals surface area contributed by atoms with E-state index in [-0.39, 0.29) is 0 Å². The normalized spacial score (nSPS) is 9.91. The summed E-state index contributed by atoms with van der Waals surface area (Å²) in [7, 11) is 0. The number of pyridine rings is 1. The van der Waals surface area contributed by atoms with Crippen molar-refractivity contribution in [3.63, 3.8) is 0 Å². The molecule has 1 aromatic rings. The van der Waals surface area contributed by atoms with E-state index in [4.69, 9.17) is 5.73 Å². The average molecular weight is 151 g/mol. The Bertz CT molecular complexity index is 222. The Kier molecular flexibility index (Phi) is 2.86. The van der Waals surface area contributed by atoms with E-state index in [1.807, 2.05) is 12.1 Å². The number of rotatable bonds is 3. The van der Waals surface area contributed by atoms with E-state index in [0.29, 0.717) is 5.82 Å². The maximum absolute atomic E-state index is 5.49. The van der Waals surface area contributed by atoms with Crippen LogP contribution in [0.5, 0.6) is 0 Å². The van der Waals surface area contributed by atoms with Crippen LogP contribution < -0.4 is 11.1 Å². The molecule has 3 heteroatoms. The summed E-state index contributed by atoms with van der Waals surface area (Å²) < 4.78 is 0. The van der Waals surface area contributed by atoms with Crippen LogP contribution in [0.2, 0.25) is 0 Å². The molecule has 3 nitrogen and oxygen atoms in total. The molecule has 0 spiro atoms. The molecule has 1 rings (SSSR count). The number of nitrogens with one attached hydrogen (secondary N) is 1. The first-order valence-electron chi connectivity index (χ1n) is 3.74. The summed E-state index contributed by atoms with van der Waals surface area (Å²) in [5.74, 6) is 0.584. The molecule has 3 N–H and O–H groups in total. The Hall–Kier alpha value is -1.09. The van der Waals surface area contributed by atoms with Crippen molar-refractivity contribution in [1.82, 2.24) is 10.3 Å². The molecule has 0 saturated carbocycles. The summed E-state index contributed by atoms with van der Waals surface area (Å²) in [5.41, 5.74) is 6.67. The molecular weight excluding hydrogens is 138 g/mol. The van der Waals surface area contributed by atoms with Gasteiger partial charge in [-0.25, -0.2) is 4.98 Å².